The molecule has 1 N–H and O–H groups in total. The molecule has 1 aromatic rings. The van der Waals surface area contributed by atoms with Gasteiger partial charge in [0.1, 0.15) is 0 Å². The predicted molar refractivity (Wildman–Crippen MR) is 69.6 cm³/mol. The molecule has 1 atom stereocenters. The predicted octanol–water partition coefficient (Wildman–Crippen LogP) is 3.85. The van der Waals surface area contributed by atoms with Crippen LogP contribution in [0.4, 0.5) is 0 Å². The van der Waals surface area contributed by atoms with Gasteiger partial charge >= 0.3 is 0 Å². The first-order chi connectivity index (χ1) is 7.36. The summed E-state index contributed by atoms with van der Waals surface area (Å²) in [4.78, 5) is 0. The Morgan fingerprint density at radius 2 is 2.13 bits per heavy atom. The molecule has 1 nitrogen and oxygen atoms in total. The van der Waals surface area contributed by atoms with Gasteiger partial charge < -0.3 is 5.32 Å². The van der Waals surface area contributed by atoms with Gasteiger partial charge in [-0.1, -0.05) is 20.3 Å². The largest absolute Gasteiger partial charge is 0.314 e. The molecule has 0 spiro atoms. The van der Waals surface area contributed by atoms with Crippen LogP contribution in [0.15, 0.2) is 16.8 Å². The highest BCUT2D eigenvalue weighted by Crippen LogP contribution is 2.11. The summed E-state index contributed by atoms with van der Waals surface area (Å²) in [6, 6.07) is 2.96. The van der Waals surface area contributed by atoms with Crippen molar-refractivity contribution in [2.45, 2.75) is 52.0 Å². The zero-order valence-corrected chi connectivity index (χ0v) is 10.8. The maximum atomic E-state index is 3.64. The lowest BCUT2D eigenvalue weighted by Gasteiger charge is -2.17. The topological polar surface area (TPSA) is 12.0 Å². The fourth-order valence-corrected chi connectivity index (χ4v) is 2.52. The summed E-state index contributed by atoms with van der Waals surface area (Å²) in [5, 5.41) is 8.07. The third-order valence-corrected chi connectivity index (χ3v) is 3.41. The average Bonchev–Trinajstić information content (AvgIpc) is 2.75. The zero-order valence-electron chi connectivity index (χ0n) is 9.96. The molecular formula is C13H23NS. The third kappa shape index (κ3) is 5.33. The van der Waals surface area contributed by atoms with E-state index in [1.165, 1.54) is 37.7 Å². The lowest BCUT2D eigenvalue weighted by molar-refractivity contribution is 0.449. The minimum absolute atomic E-state index is 0.717. The molecule has 1 heterocycles. The van der Waals surface area contributed by atoms with E-state index >= 15 is 0 Å². The second-order valence-electron chi connectivity index (χ2n) is 4.11. The lowest BCUT2D eigenvalue weighted by atomic mass is 10.0. The molecule has 0 aromatic carbocycles. The molecule has 15 heavy (non-hydrogen) atoms. The number of aryl methyl sites for hydroxylation is 1. The standard InChI is InChI=1S/C13H23NS/c1-3-5-13(14-9-4-2)7-6-12-8-10-15-11-12/h8,10-11,13-14H,3-7,9H2,1-2H3. The van der Waals surface area contributed by atoms with Crippen molar-refractivity contribution in [1.29, 1.82) is 0 Å². The van der Waals surface area contributed by atoms with E-state index in [0.29, 0.717) is 0 Å². The number of hydrogen-bond acceptors (Lipinski definition) is 2. The van der Waals surface area contributed by atoms with Crippen molar-refractivity contribution in [2.24, 2.45) is 0 Å². The van der Waals surface area contributed by atoms with E-state index in [1.54, 1.807) is 11.3 Å². The monoisotopic (exact) mass is 225 g/mol. The molecule has 1 unspecified atom stereocenters. The van der Waals surface area contributed by atoms with E-state index in [4.69, 9.17) is 0 Å². The van der Waals surface area contributed by atoms with E-state index < -0.39 is 0 Å². The van der Waals surface area contributed by atoms with E-state index in [1.807, 2.05) is 0 Å². The molecule has 0 aliphatic rings. The van der Waals surface area contributed by atoms with Gasteiger partial charge in [0.25, 0.3) is 0 Å². The summed E-state index contributed by atoms with van der Waals surface area (Å²) < 4.78 is 0. The van der Waals surface area contributed by atoms with Crippen LogP contribution in [0.2, 0.25) is 0 Å². The van der Waals surface area contributed by atoms with E-state index in [9.17, 15) is 0 Å². The molecular weight excluding hydrogens is 202 g/mol. The highest BCUT2D eigenvalue weighted by atomic mass is 32.1. The van der Waals surface area contributed by atoms with Crippen LogP contribution in [0.5, 0.6) is 0 Å². The Morgan fingerprint density at radius 1 is 1.27 bits per heavy atom. The number of rotatable bonds is 8. The fraction of sp³-hybridized carbons (Fsp3) is 0.692. The molecule has 0 saturated heterocycles. The van der Waals surface area contributed by atoms with Gasteiger partial charge in [-0.3, -0.25) is 0 Å². The van der Waals surface area contributed by atoms with Crippen molar-refractivity contribution in [3.8, 4) is 0 Å². The first-order valence-corrected chi connectivity index (χ1v) is 7.05. The van der Waals surface area contributed by atoms with Gasteiger partial charge in [-0.15, -0.1) is 0 Å². The van der Waals surface area contributed by atoms with Gasteiger partial charge in [0.2, 0.25) is 0 Å². The Hall–Kier alpha value is -0.340. The summed E-state index contributed by atoms with van der Waals surface area (Å²) in [5.74, 6) is 0. The van der Waals surface area contributed by atoms with E-state index in [0.717, 1.165) is 12.6 Å². The number of thiophene rings is 1. The van der Waals surface area contributed by atoms with Gasteiger partial charge in [0, 0.05) is 6.04 Å². The van der Waals surface area contributed by atoms with Crippen LogP contribution in [-0.4, -0.2) is 12.6 Å². The molecule has 0 fully saturated rings. The van der Waals surface area contributed by atoms with Crippen LogP contribution in [-0.2, 0) is 6.42 Å². The average molecular weight is 225 g/mol. The molecule has 0 saturated carbocycles. The molecule has 86 valence electrons. The molecule has 0 amide bonds. The normalized spacial score (nSPS) is 12.9. The highest BCUT2D eigenvalue weighted by molar-refractivity contribution is 7.07. The number of nitrogens with one attached hydrogen (secondary N) is 1. The molecule has 0 bridgehead atoms. The minimum atomic E-state index is 0.717. The maximum absolute atomic E-state index is 3.64. The van der Waals surface area contributed by atoms with Crippen LogP contribution in [0.1, 0.15) is 45.1 Å². The maximum Gasteiger partial charge on any atom is 0.00701 e. The van der Waals surface area contributed by atoms with Crippen LogP contribution in [0, 0.1) is 0 Å². The SMILES string of the molecule is CCCNC(CCC)CCc1ccsc1. The van der Waals surface area contributed by atoms with Crippen molar-refractivity contribution < 1.29 is 0 Å². The van der Waals surface area contributed by atoms with Crippen molar-refractivity contribution in [2.75, 3.05) is 6.54 Å². The summed E-state index contributed by atoms with van der Waals surface area (Å²) in [6.45, 7) is 5.66. The van der Waals surface area contributed by atoms with Crippen molar-refractivity contribution in [3.63, 3.8) is 0 Å². The molecule has 1 rings (SSSR count). The highest BCUT2D eigenvalue weighted by Gasteiger charge is 2.06. The van der Waals surface area contributed by atoms with Gasteiger partial charge in [0.05, 0.1) is 0 Å². The quantitative estimate of drug-likeness (QED) is 0.708. The molecule has 1 aromatic heterocycles. The molecule has 0 radical (unpaired) electrons. The first kappa shape index (κ1) is 12.7. The Kier molecular flexibility index (Phi) is 6.69. The Balaban J connectivity index is 2.24. The van der Waals surface area contributed by atoms with Crippen LogP contribution >= 0.6 is 11.3 Å². The minimum Gasteiger partial charge on any atom is -0.314 e. The summed E-state index contributed by atoms with van der Waals surface area (Å²) in [5.41, 5.74) is 1.50. The van der Waals surface area contributed by atoms with Crippen molar-refractivity contribution >= 4 is 11.3 Å². The van der Waals surface area contributed by atoms with Crippen molar-refractivity contribution in [3.05, 3.63) is 22.4 Å². The molecule has 2 heteroatoms. The zero-order chi connectivity index (χ0) is 10.9. The van der Waals surface area contributed by atoms with Crippen LogP contribution in [0.25, 0.3) is 0 Å². The number of hydrogen-bond donors (Lipinski definition) is 1. The first-order valence-electron chi connectivity index (χ1n) is 6.11. The van der Waals surface area contributed by atoms with E-state index in [2.05, 4.69) is 36.0 Å². The van der Waals surface area contributed by atoms with Crippen LogP contribution < -0.4 is 5.32 Å². The van der Waals surface area contributed by atoms with E-state index in [-0.39, 0.29) is 0 Å². The van der Waals surface area contributed by atoms with Gasteiger partial charge in [0.15, 0.2) is 0 Å². The Morgan fingerprint density at radius 3 is 2.73 bits per heavy atom. The van der Waals surface area contributed by atoms with Crippen LogP contribution in [0.3, 0.4) is 0 Å². The Labute approximate surface area is 97.9 Å². The third-order valence-electron chi connectivity index (χ3n) is 2.68. The molecule has 0 aliphatic heterocycles. The Bertz CT molecular complexity index is 231. The fourth-order valence-electron chi connectivity index (χ4n) is 1.82. The summed E-state index contributed by atoms with van der Waals surface area (Å²) in [7, 11) is 0. The van der Waals surface area contributed by atoms with Gasteiger partial charge in [-0.05, 0) is 54.6 Å². The smallest absolute Gasteiger partial charge is 0.00701 e. The summed E-state index contributed by atoms with van der Waals surface area (Å²) in [6.07, 6.45) is 6.34. The summed E-state index contributed by atoms with van der Waals surface area (Å²) >= 11 is 1.80. The van der Waals surface area contributed by atoms with Gasteiger partial charge in [-0.25, -0.2) is 0 Å². The van der Waals surface area contributed by atoms with Crippen molar-refractivity contribution in [1.82, 2.24) is 5.32 Å². The van der Waals surface area contributed by atoms with Gasteiger partial charge in [-0.2, -0.15) is 11.3 Å². The second-order valence-corrected chi connectivity index (χ2v) is 4.89. The lowest BCUT2D eigenvalue weighted by Crippen LogP contribution is -2.30. The second kappa shape index (κ2) is 7.89. The molecule has 0 aliphatic carbocycles.